The van der Waals surface area contributed by atoms with E-state index in [0.717, 1.165) is 6.08 Å². The lowest BCUT2D eigenvalue weighted by atomic mass is 9.92. The summed E-state index contributed by atoms with van der Waals surface area (Å²) in [4.78, 5) is 63.1. The number of halogens is 15. The van der Waals surface area contributed by atoms with Gasteiger partial charge in [0.05, 0.1) is 24.2 Å². The van der Waals surface area contributed by atoms with E-state index in [1.165, 1.54) is 0 Å². The highest BCUT2D eigenvalue weighted by Crippen LogP contribution is 2.31. The average molecular weight is 900 g/mol. The molecule has 4 atom stereocenters. The molecular formula is C17H14Cl15N5O5. The van der Waals surface area contributed by atoms with Crippen LogP contribution in [0, 0.1) is 0 Å². The van der Waals surface area contributed by atoms with Crippen LogP contribution in [0.25, 0.3) is 0 Å². The lowest BCUT2D eigenvalue weighted by Crippen LogP contribution is -2.70. The molecule has 1 unspecified atom stereocenters. The number of alkyl halides is 15. The second-order valence-electron chi connectivity index (χ2n) is 7.51. The van der Waals surface area contributed by atoms with E-state index in [9.17, 15) is 24.0 Å². The Morgan fingerprint density at radius 2 is 0.810 bits per heavy atom. The molecule has 0 rings (SSSR count). The summed E-state index contributed by atoms with van der Waals surface area (Å²) in [6.45, 7) is 2.72. The Morgan fingerprint density at radius 3 is 1.14 bits per heavy atom. The van der Waals surface area contributed by atoms with Crippen molar-refractivity contribution in [1.29, 1.82) is 0 Å². The maximum Gasteiger partial charge on any atom is 0.272 e. The molecule has 0 fully saturated rings. The summed E-state index contributed by atoms with van der Waals surface area (Å²) in [7, 11) is 0. The quantitative estimate of drug-likeness (QED) is 0.154. The third-order valence-corrected chi connectivity index (χ3v) is 7.02. The minimum absolute atomic E-state index is 0.785. The minimum atomic E-state index is -2.70. The Bertz CT molecular complexity index is 1030. The van der Waals surface area contributed by atoms with Gasteiger partial charge in [-0.3, -0.25) is 24.0 Å². The topological polar surface area (TPSA) is 146 Å². The fraction of sp³-hybridized carbons (Fsp3) is 0.588. The van der Waals surface area contributed by atoms with Crippen molar-refractivity contribution in [3.8, 4) is 0 Å². The zero-order valence-electron chi connectivity index (χ0n) is 19.5. The van der Waals surface area contributed by atoms with Gasteiger partial charge in [0.25, 0.3) is 48.5 Å². The molecule has 0 aromatic carbocycles. The van der Waals surface area contributed by atoms with Crippen LogP contribution in [0.3, 0.4) is 0 Å². The van der Waals surface area contributed by atoms with Crippen molar-refractivity contribution in [2.75, 3.05) is 6.54 Å². The molecule has 0 bridgehead atoms. The highest BCUT2D eigenvalue weighted by molar-refractivity contribution is 6.78. The fourth-order valence-corrected chi connectivity index (χ4v) is 3.51. The van der Waals surface area contributed by atoms with Gasteiger partial charge in [-0.1, -0.05) is 180 Å². The Labute approximate surface area is 313 Å². The lowest BCUT2D eigenvalue weighted by molar-refractivity contribution is -0.126. The smallest absolute Gasteiger partial charge is 0.272 e. The Kier molecular flexibility index (Phi) is 17.6. The number of carbonyl (C=O) groups is 5. The Morgan fingerprint density at radius 1 is 0.500 bits per heavy atom. The highest BCUT2D eigenvalue weighted by atomic mass is 35.6. The van der Waals surface area contributed by atoms with Gasteiger partial charge in [0, 0.05) is 6.54 Å². The molecule has 0 radical (unpaired) electrons. The van der Waals surface area contributed by atoms with E-state index < -0.39 is 79.2 Å². The van der Waals surface area contributed by atoms with Gasteiger partial charge in [0.2, 0.25) is 0 Å². The molecule has 0 aliphatic rings. The normalized spacial score (nSPS) is 15.8. The van der Waals surface area contributed by atoms with E-state index in [1.54, 1.807) is 0 Å². The predicted molar refractivity (Wildman–Crippen MR) is 172 cm³/mol. The molecule has 42 heavy (non-hydrogen) atoms. The van der Waals surface area contributed by atoms with Crippen LogP contribution in [0.4, 0.5) is 0 Å². The number of rotatable bonds is 10. The molecule has 0 spiro atoms. The summed E-state index contributed by atoms with van der Waals surface area (Å²) in [6, 6.07) is -6.92. The summed E-state index contributed by atoms with van der Waals surface area (Å²) >= 11 is 84.7. The summed E-state index contributed by atoms with van der Waals surface area (Å²) in [5.74, 6) is -6.68. The minimum Gasteiger partial charge on any atom is -0.350 e. The van der Waals surface area contributed by atoms with E-state index in [1.807, 2.05) is 0 Å². The van der Waals surface area contributed by atoms with Crippen molar-refractivity contribution in [1.82, 2.24) is 26.6 Å². The Hall–Kier alpha value is 1.44. The molecular weight excluding hydrogens is 886 g/mol. The third-order valence-electron chi connectivity index (χ3n) is 4.44. The molecule has 0 aromatic heterocycles. The molecule has 0 heterocycles. The number of carbonyl (C=O) groups excluding carboxylic acids is 5. The van der Waals surface area contributed by atoms with Crippen LogP contribution in [-0.2, 0) is 24.0 Å². The van der Waals surface area contributed by atoms with Crippen molar-refractivity contribution >= 4 is 204 Å². The van der Waals surface area contributed by atoms with Crippen molar-refractivity contribution < 1.29 is 24.0 Å². The number of amides is 5. The van der Waals surface area contributed by atoms with Crippen LogP contribution >= 0.6 is 174 Å². The molecule has 242 valence electrons. The van der Waals surface area contributed by atoms with Crippen LogP contribution in [-0.4, -0.2) is 79.2 Å². The second-order valence-corrected chi connectivity index (χ2v) is 18.9. The van der Waals surface area contributed by atoms with Crippen LogP contribution < -0.4 is 26.6 Å². The maximum atomic E-state index is 12.8. The molecule has 5 amide bonds. The molecule has 0 saturated carbocycles. The standard InChI is InChI=1S/C17H14Cl15N5O5/c1-2-4(34-9(39)14(21,22)23)6(36-11(41)16(27,28)29)7(37-12(42)17(30,31)32)5(35-10(40)15(24,25)26)3-33-8(38)13(18,19)20/h2,4-7H,1,3H2,(H,33,38)(H,34,39)(H,35,40)(H,36,41)(H,37,42)/t4?,5-,6-,7+/m1/s1. The van der Waals surface area contributed by atoms with Crippen LogP contribution in [0.2, 0.25) is 0 Å². The van der Waals surface area contributed by atoms with Crippen LogP contribution in [0.1, 0.15) is 0 Å². The molecule has 0 aliphatic heterocycles. The fourth-order valence-electron chi connectivity index (χ4n) is 2.66. The van der Waals surface area contributed by atoms with Gasteiger partial charge in [0.15, 0.2) is 0 Å². The average Bonchev–Trinajstić information content (AvgIpc) is 2.78. The summed E-state index contributed by atoms with van der Waals surface area (Å²) in [6.07, 6.45) is 0.958. The molecule has 25 heteroatoms. The monoisotopic (exact) mass is 893 g/mol. The van der Waals surface area contributed by atoms with Gasteiger partial charge in [-0.2, -0.15) is 0 Å². The Balaban J connectivity index is 7.27. The van der Waals surface area contributed by atoms with Crippen LogP contribution in [0.5, 0.6) is 0 Å². The number of hydrogen-bond acceptors (Lipinski definition) is 5. The number of hydrogen-bond donors (Lipinski definition) is 5. The zero-order chi connectivity index (χ0) is 33.6. The first kappa shape index (κ1) is 43.4. The van der Waals surface area contributed by atoms with Crippen molar-refractivity contribution in [3.63, 3.8) is 0 Å². The molecule has 0 saturated heterocycles. The summed E-state index contributed by atoms with van der Waals surface area (Å²) in [5.41, 5.74) is 0. The predicted octanol–water partition coefficient (Wildman–Crippen LogP) is 5.08. The summed E-state index contributed by atoms with van der Waals surface area (Å²) < 4.78 is -13.1. The van der Waals surface area contributed by atoms with Crippen molar-refractivity contribution in [2.24, 2.45) is 0 Å². The van der Waals surface area contributed by atoms with Crippen LogP contribution in [0.15, 0.2) is 12.7 Å². The van der Waals surface area contributed by atoms with Gasteiger partial charge < -0.3 is 26.6 Å². The van der Waals surface area contributed by atoms with Gasteiger partial charge >= 0.3 is 0 Å². The molecule has 0 aliphatic carbocycles. The van der Waals surface area contributed by atoms with Crippen molar-refractivity contribution in [2.45, 2.75) is 43.1 Å². The third kappa shape index (κ3) is 15.4. The summed E-state index contributed by atoms with van der Waals surface area (Å²) in [5, 5.41) is 10.9. The highest BCUT2D eigenvalue weighted by Gasteiger charge is 2.46. The molecule has 5 N–H and O–H groups in total. The van der Waals surface area contributed by atoms with E-state index in [4.69, 9.17) is 174 Å². The van der Waals surface area contributed by atoms with Gasteiger partial charge in [-0.05, 0) is 0 Å². The maximum absolute atomic E-state index is 12.8. The number of nitrogens with one attached hydrogen (secondary N) is 5. The van der Waals surface area contributed by atoms with E-state index in [-0.39, 0.29) is 0 Å². The lowest BCUT2D eigenvalue weighted by Gasteiger charge is -2.40. The molecule has 0 aromatic rings. The van der Waals surface area contributed by atoms with Gasteiger partial charge in [0.1, 0.15) is 0 Å². The first-order chi connectivity index (χ1) is 18.5. The first-order valence-corrected chi connectivity index (χ1v) is 15.7. The van der Waals surface area contributed by atoms with E-state index in [2.05, 4.69) is 33.2 Å². The van der Waals surface area contributed by atoms with Gasteiger partial charge in [-0.25, -0.2) is 0 Å². The SMILES string of the molecule is C=CC(NC(=O)C(Cl)(Cl)Cl)[C@@H](NC(=O)C(Cl)(Cl)Cl)[C@@H](NC(=O)C(Cl)(Cl)Cl)[C@@H](CNC(=O)C(Cl)(Cl)Cl)NC(=O)C(Cl)(Cl)Cl. The van der Waals surface area contributed by atoms with E-state index in [0.29, 0.717) is 0 Å². The van der Waals surface area contributed by atoms with Crippen molar-refractivity contribution in [3.05, 3.63) is 12.7 Å². The first-order valence-electron chi connectivity index (χ1n) is 10.0. The van der Waals surface area contributed by atoms with E-state index >= 15 is 0 Å². The largest absolute Gasteiger partial charge is 0.350 e. The zero-order valence-corrected chi connectivity index (χ0v) is 30.9. The molecule has 10 nitrogen and oxygen atoms in total. The second kappa shape index (κ2) is 17.0. The van der Waals surface area contributed by atoms with Gasteiger partial charge in [-0.15, -0.1) is 6.58 Å².